The Morgan fingerprint density at radius 3 is 2.72 bits per heavy atom. The standard InChI is InChI=1S/C28H37N3O5/c1-21-13-22(2)23(3)26(14-21)36-19-28(32)17-31(9-11-34-18-28)16-24-5-6-25(33-4)27(15-24)35-12-10-30-8-7-29-20-30/h5-8,13-15,20,32H,9-12,16-19H2,1-4H3. The number of nitrogens with zero attached hydrogens (tertiary/aromatic N) is 3. The Bertz CT molecular complexity index is 1130. The Hall–Kier alpha value is -3.07. The maximum absolute atomic E-state index is 11.4. The lowest BCUT2D eigenvalue weighted by atomic mass is 10.0. The molecule has 0 spiro atoms. The number of aliphatic hydroxyl groups is 1. The van der Waals surface area contributed by atoms with E-state index < -0.39 is 5.60 Å². The van der Waals surface area contributed by atoms with Crippen molar-refractivity contribution in [3.63, 3.8) is 0 Å². The fraction of sp³-hybridized carbons (Fsp3) is 0.464. The van der Waals surface area contributed by atoms with E-state index in [0.717, 1.165) is 22.4 Å². The molecule has 0 saturated carbocycles. The van der Waals surface area contributed by atoms with E-state index in [1.807, 2.05) is 42.0 Å². The number of aromatic nitrogens is 2. The van der Waals surface area contributed by atoms with Crippen LogP contribution in [0.2, 0.25) is 0 Å². The van der Waals surface area contributed by atoms with E-state index in [1.165, 1.54) is 5.56 Å². The van der Waals surface area contributed by atoms with Gasteiger partial charge in [-0.1, -0.05) is 12.1 Å². The molecule has 194 valence electrons. The molecule has 1 atom stereocenters. The highest BCUT2D eigenvalue weighted by atomic mass is 16.5. The molecule has 2 aromatic carbocycles. The van der Waals surface area contributed by atoms with Crippen LogP contribution in [0, 0.1) is 20.8 Å². The first-order chi connectivity index (χ1) is 17.3. The zero-order valence-electron chi connectivity index (χ0n) is 21.7. The molecule has 8 heteroatoms. The Labute approximate surface area is 213 Å². The lowest BCUT2D eigenvalue weighted by molar-refractivity contribution is -0.0648. The van der Waals surface area contributed by atoms with E-state index in [1.54, 1.807) is 19.6 Å². The van der Waals surface area contributed by atoms with Crippen LogP contribution in [-0.2, 0) is 17.8 Å². The summed E-state index contributed by atoms with van der Waals surface area (Å²) in [4.78, 5) is 6.26. The molecule has 4 rings (SSSR count). The van der Waals surface area contributed by atoms with Crippen LogP contribution < -0.4 is 14.2 Å². The van der Waals surface area contributed by atoms with Gasteiger partial charge in [-0.2, -0.15) is 0 Å². The fourth-order valence-electron chi connectivity index (χ4n) is 4.45. The molecule has 1 fully saturated rings. The first-order valence-electron chi connectivity index (χ1n) is 12.3. The Kier molecular flexibility index (Phi) is 8.51. The van der Waals surface area contributed by atoms with Crippen LogP contribution in [0.25, 0.3) is 0 Å². The lowest BCUT2D eigenvalue weighted by Gasteiger charge is -2.31. The van der Waals surface area contributed by atoms with Gasteiger partial charge in [0.25, 0.3) is 0 Å². The maximum Gasteiger partial charge on any atom is 0.161 e. The molecule has 36 heavy (non-hydrogen) atoms. The van der Waals surface area contributed by atoms with Gasteiger partial charge >= 0.3 is 0 Å². The fourth-order valence-corrected chi connectivity index (χ4v) is 4.45. The van der Waals surface area contributed by atoms with Gasteiger partial charge in [0.1, 0.15) is 24.6 Å². The van der Waals surface area contributed by atoms with Crippen LogP contribution in [0.15, 0.2) is 49.1 Å². The summed E-state index contributed by atoms with van der Waals surface area (Å²) in [5, 5.41) is 11.4. The number of rotatable bonds is 10. The van der Waals surface area contributed by atoms with E-state index in [0.29, 0.717) is 50.9 Å². The summed E-state index contributed by atoms with van der Waals surface area (Å²) in [5.41, 5.74) is 3.37. The number of hydrogen-bond acceptors (Lipinski definition) is 7. The number of hydrogen-bond donors (Lipinski definition) is 1. The third-order valence-corrected chi connectivity index (χ3v) is 6.50. The van der Waals surface area contributed by atoms with Crippen LogP contribution in [0.5, 0.6) is 17.2 Å². The molecule has 2 heterocycles. The summed E-state index contributed by atoms with van der Waals surface area (Å²) in [6.45, 7) is 10.1. The molecule has 1 saturated heterocycles. The van der Waals surface area contributed by atoms with Gasteiger partial charge in [0.05, 0.1) is 33.2 Å². The third-order valence-electron chi connectivity index (χ3n) is 6.50. The first-order valence-corrected chi connectivity index (χ1v) is 12.3. The van der Waals surface area contributed by atoms with E-state index >= 15 is 0 Å². The second-order valence-corrected chi connectivity index (χ2v) is 9.62. The minimum absolute atomic E-state index is 0.165. The van der Waals surface area contributed by atoms with Crippen molar-refractivity contribution in [1.82, 2.24) is 14.5 Å². The average Bonchev–Trinajstić information content (AvgIpc) is 3.30. The van der Waals surface area contributed by atoms with Crippen molar-refractivity contribution in [3.05, 3.63) is 71.3 Å². The zero-order chi connectivity index (χ0) is 25.5. The van der Waals surface area contributed by atoms with Gasteiger partial charge in [-0.3, -0.25) is 4.90 Å². The molecule has 1 N–H and O–H groups in total. The molecule has 1 aromatic heterocycles. The molecule has 0 radical (unpaired) electrons. The van der Waals surface area contributed by atoms with Gasteiger partial charge in [-0.05, 0) is 61.2 Å². The summed E-state index contributed by atoms with van der Waals surface area (Å²) in [6, 6.07) is 10.1. The minimum atomic E-state index is -1.11. The van der Waals surface area contributed by atoms with Crippen molar-refractivity contribution in [1.29, 1.82) is 0 Å². The molecule has 0 amide bonds. The van der Waals surface area contributed by atoms with Crippen molar-refractivity contribution in [3.8, 4) is 17.2 Å². The van der Waals surface area contributed by atoms with Gasteiger partial charge in [-0.15, -0.1) is 0 Å². The number of β-amino-alcohol motifs (C(OH)–C–C–N with tert-alkyl or cyclic N) is 1. The van der Waals surface area contributed by atoms with Gasteiger partial charge in [-0.25, -0.2) is 4.98 Å². The number of benzene rings is 2. The molecule has 8 nitrogen and oxygen atoms in total. The molecule has 1 aliphatic heterocycles. The molecule has 1 unspecified atom stereocenters. The number of imidazole rings is 1. The highest BCUT2D eigenvalue weighted by Gasteiger charge is 2.34. The number of aryl methyl sites for hydroxylation is 2. The largest absolute Gasteiger partial charge is 0.493 e. The van der Waals surface area contributed by atoms with Crippen molar-refractivity contribution in [2.45, 2.75) is 39.5 Å². The van der Waals surface area contributed by atoms with Gasteiger partial charge < -0.3 is 28.6 Å². The van der Waals surface area contributed by atoms with Gasteiger partial charge in [0.15, 0.2) is 11.5 Å². The third kappa shape index (κ3) is 6.78. The summed E-state index contributed by atoms with van der Waals surface area (Å²) in [7, 11) is 1.64. The SMILES string of the molecule is COc1ccc(CN2CCOCC(O)(COc3cc(C)cc(C)c3C)C2)cc1OCCn1ccnc1. The zero-order valence-corrected chi connectivity index (χ0v) is 21.7. The normalized spacial score (nSPS) is 18.6. The summed E-state index contributed by atoms with van der Waals surface area (Å²) in [6.07, 6.45) is 5.43. The van der Waals surface area contributed by atoms with E-state index in [9.17, 15) is 5.11 Å². The monoisotopic (exact) mass is 495 g/mol. The second-order valence-electron chi connectivity index (χ2n) is 9.62. The van der Waals surface area contributed by atoms with Crippen molar-refractivity contribution in [2.75, 3.05) is 46.6 Å². The van der Waals surface area contributed by atoms with Crippen LogP contribution in [0.4, 0.5) is 0 Å². The van der Waals surface area contributed by atoms with E-state index in [-0.39, 0.29) is 13.2 Å². The summed E-state index contributed by atoms with van der Waals surface area (Å²) >= 11 is 0. The lowest BCUT2D eigenvalue weighted by Crippen LogP contribution is -2.48. The highest BCUT2D eigenvalue weighted by Crippen LogP contribution is 2.29. The van der Waals surface area contributed by atoms with Gasteiger partial charge in [0.2, 0.25) is 0 Å². The molecule has 1 aliphatic rings. The van der Waals surface area contributed by atoms with Crippen LogP contribution in [0.1, 0.15) is 22.3 Å². The summed E-state index contributed by atoms with van der Waals surface area (Å²) in [5.74, 6) is 2.20. The first kappa shape index (κ1) is 26.0. The number of ether oxygens (including phenoxy) is 4. The van der Waals surface area contributed by atoms with E-state index in [4.69, 9.17) is 18.9 Å². The second kappa shape index (κ2) is 11.8. The average molecular weight is 496 g/mol. The smallest absolute Gasteiger partial charge is 0.161 e. The highest BCUT2D eigenvalue weighted by molar-refractivity contribution is 5.43. The minimum Gasteiger partial charge on any atom is -0.493 e. The van der Waals surface area contributed by atoms with Crippen LogP contribution in [-0.4, -0.2) is 71.8 Å². The Balaban J connectivity index is 1.40. The Morgan fingerprint density at radius 1 is 1.08 bits per heavy atom. The van der Waals surface area contributed by atoms with E-state index in [2.05, 4.69) is 29.8 Å². The molecular formula is C28H37N3O5. The van der Waals surface area contributed by atoms with Gasteiger partial charge in [0, 0.05) is 32.0 Å². The van der Waals surface area contributed by atoms with Crippen LogP contribution >= 0.6 is 0 Å². The molecular weight excluding hydrogens is 458 g/mol. The van der Waals surface area contributed by atoms with Crippen molar-refractivity contribution >= 4 is 0 Å². The number of methoxy groups -OCH3 is 1. The van der Waals surface area contributed by atoms with Crippen molar-refractivity contribution < 1.29 is 24.1 Å². The molecule has 0 bridgehead atoms. The molecule has 3 aromatic rings. The van der Waals surface area contributed by atoms with Crippen molar-refractivity contribution in [2.24, 2.45) is 0 Å². The molecule has 0 aliphatic carbocycles. The Morgan fingerprint density at radius 2 is 1.94 bits per heavy atom. The predicted molar refractivity (Wildman–Crippen MR) is 138 cm³/mol. The maximum atomic E-state index is 11.4. The van der Waals surface area contributed by atoms with Crippen LogP contribution in [0.3, 0.4) is 0 Å². The summed E-state index contributed by atoms with van der Waals surface area (Å²) < 4.78 is 25.4. The topological polar surface area (TPSA) is 78.2 Å². The quantitative estimate of drug-likeness (QED) is 0.461. The predicted octanol–water partition coefficient (Wildman–Crippen LogP) is 3.54.